The summed E-state index contributed by atoms with van der Waals surface area (Å²) in [7, 11) is 0. The van der Waals surface area contributed by atoms with Crippen molar-refractivity contribution in [2.45, 2.75) is 0 Å². The Morgan fingerprint density at radius 1 is 1.36 bits per heavy atom. The van der Waals surface area contributed by atoms with Crippen LogP contribution in [0.3, 0.4) is 0 Å². The SMILES string of the molecule is O=C(O)c1cc2cccc(O)c2cn1. The van der Waals surface area contributed by atoms with E-state index in [-0.39, 0.29) is 11.4 Å². The molecule has 4 heteroatoms. The molecular weight excluding hydrogens is 182 g/mol. The van der Waals surface area contributed by atoms with Gasteiger partial charge in [0, 0.05) is 11.6 Å². The van der Waals surface area contributed by atoms with Gasteiger partial charge in [-0.3, -0.25) is 0 Å². The van der Waals surface area contributed by atoms with Crippen LogP contribution in [0.4, 0.5) is 0 Å². The van der Waals surface area contributed by atoms with Crippen LogP contribution < -0.4 is 0 Å². The van der Waals surface area contributed by atoms with Crippen LogP contribution in [0, 0.1) is 0 Å². The smallest absolute Gasteiger partial charge is 0.354 e. The highest BCUT2D eigenvalue weighted by Crippen LogP contribution is 2.23. The lowest BCUT2D eigenvalue weighted by molar-refractivity contribution is 0.0690. The van der Waals surface area contributed by atoms with Crippen LogP contribution in [0.5, 0.6) is 5.75 Å². The first-order valence-corrected chi connectivity index (χ1v) is 3.99. The Balaban J connectivity index is 2.73. The first-order valence-electron chi connectivity index (χ1n) is 3.99. The van der Waals surface area contributed by atoms with E-state index in [0.717, 1.165) is 0 Å². The Kier molecular flexibility index (Phi) is 1.81. The van der Waals surface area contributed by atoms with E-state index in [9.17, 15) is 9.90 Å². The third kappa shape index (κ3) is 1.26. The minimum absolute atomic E-state index is 0.0249. The summed E-state index contributed by atoms with van der Waals surface area (Å²) in [4.78, 5) is 14.3. The van der Waals surface area contributed by atoms with Gasteiger partial charge in [-0.1, -0.05) is 12.1 Å². The van der Waals surface area contributed by atoms with Gasteiger partial charge in [-0.25, -0.2) is 9.78 Å². The number of aromatic nitrogens is 1. The van der Waals surface area contributed by atoms with Gasteiger partial charge in [-0.05, 0) is 17.5 Å². The molecule has 2 aromatic rings. The second kappa shape index (κ2) is 2.99. The van der Waals surface area contributed by atoms with Crippen LogP contribution >= 0.6 is 0 Å². The molecule has 1 aromatic heterocycles. The highest BCUT2D eigenvalue weighted by atomic mass is 16.4. The summed E-state index contributed by atoms with van der Waals surface area (Å²) < 4.78 is 0. The first kappa shape index (κ1) is 8.50. The zero-order chi connectivity index (χ0) is 10.1. The summed E-state index contributed by atoms with van der Waals surface area (Å²) in [5, 5.41) is 19.3. The molecule has 4 nitrogen and oxygen atoms in total. The van der Waals surface area contributed by atoms with Crippen LogP contribution in [0.25, 0.3) is 10.8 Å². The molecule has 2 rings (SSSR count). The molecule has 0 fully saturated rings. The molecule has 0 atom stereocenters. The molecule has 0 amide bonds. The van der Waals surface area contributed by atoms with Crippen LogP contribution in [-0.4, -0.2) is 21.2 Å². The fraction of sp³-hybridized carbons (Fsp3) is 0. The lowest BCUT2D eigenvalue weighted by atomic mass is 10.1. The zero-order valence-corrected chi connectivity index (χ0v) is 7.14. The average molecular weight is 189 g/mol. The topological polar surface area (TPSA) is 70.4 Å². The van der Waals surface area contributed by atoms with Crippen molar-refractivity contribution in [2.24, 2.45) is 0 Å². The number of aromatic hydroxyl groups is 1. The number of pyridine rings is 1. The van der Waals surface area contributed by atoms with Crippen molar-refractivity contribution in [2.75, 3.05) is 0 Å². The highest BCUT2D eigenvalue weighted by molar-refractivity contribution is 5.94. The number of phenolic OH excluding ortho intramolecular Hbond substituents is 1. The summed E-state index contributed by atoms with van der Waals surface area (Å²) in [5.41, 5.74) is -0.0249. The number of aromatic carboxylic acids is 1. The molecule has 0 aliphatic rings. The van der Waals surface area contributed by atoms with Gasteiger partial charge in [0.2, 0.25) is 0 Å². The van der Waals surface area contributed by atoms with Crippen molar-refractivity contribution >= 4 is 16.7 Å². The minimum Gasteiger partial charge on any atom is -0.507 e. The normalized spacial score (nSPS) is 10.3. The number of fused-ring (bicyclic) bond motifs is 1. The van der Waals surface area contributed by atoms with E-state index in [4.69, 9.17) is 5.11 Å². The van der Waals surface area contributed by atoms with Crippen LogP contribution in [0.15, 0.2) is 30.5 Å². The third-order valence-electron chi connectivity index (χ3n) is 1.96. The number of carboxylic acids is 1. The molecule has 0 saturated heterocycles. The molecule has 14 heavy (non-hydrogen) atoms. The number of benzene rings is 1. The predicted molar refractivity (Wildman–Crippen MR) is 50.4 cm³/mol. The number of carboxylic acid groups (broad SMARTS) is 1. The van der Waals surface area contributed by atoms with E-state index >= 15 is 0 Å². The second-order valence-electron chi connectivity index (χ2n) is 2.87. The van der Waals surface area contributed by atoms with Crippen LogP contribution in [0.1, 0.15) is 10.5 Å². The molecule has 0 aliphatic heterocycles. The first-order chi connectivity index (χ1) is 6.68. The molecule has 0 bridgehead atoms. The van der Waals surface area contributed by atoms with E-state index in [1.165, 1.54) is 18.3 Å². The van der Waals surface area contributed by atoms with E-state index < -0.39 is 5.97 Å². The van der Waals surface area contributed by atoms with E-state index in [1.54, 1.807) is 12.1 Å². The summed E-state index contributed by atoms with van der Waals surface area (Å²) in [6.07, 6.45) is 1.36. The Hall–Kier alpha value is -2.10. The maximum Gasteiger partial charge on any atom is 0.354 e. The number of rotatable bonds is 1. The molecular formula is C10H7NO3. The van der Waals surface area contributed by atoms with Crippen molar-refractivity contribution in [3.8, 4) is 5.75 Å². The maximum atomic E-state index is 10.6. The van der Waals surface area contributed by atoms with Gasteiger partial charge in [0.05, 0.1) is 0 Å². The zero-order valence-electron chi connectivity index (χ0n) is 7.14. The van der Waals surface area contributed by atoms with Gasteiger partial charge in [0.15, 0.2) is 0 Å². The third-order valence-corrected chi connectivity index (χ3v) is 1.96. The summed E-state index contributed by atoms with van der Waals surface area (Å²) in [6.45, 7) is 0. The molecule has 0 unspecified atom stereocenters. The summed E-state index contributed by atoms with van der Waals surface area (Å²) >= 11 is 0. The van der Waals surface area contributed by atoms with E-state index in [1.807, 2.05) is 0 Å². The van der Waals surface area contributed by atoms with Gasteiger partial charge in [-0.15, -0.1) is 0 Å². The van der Waals surface area contributed by atoms with E-state index in [2.05, 4.69) is 4.98 Å². The summed E-state index contributed by atoms with van der Waals surface area (Å²) in [5.74, 6) is -0.970. The number of carbonyl (C=O) groups is 1. The van der Waals surface area contributed by atoms with Gasteiger partial charge < -0.3 is 10.2 Å². The minimum atomic E-state index is -1.07. The number of hydrogen-bond donors (Lipinski definition) is 2. The monoisotopic (exact) mass is 189 g/mol. The Labute approximate surface area is 79.4 Å². The molecule has 0 radical (unpaired) electrons. The number of phenols is 1. The van der Waals surface area contributed by atoms with Gasteiger partial charge >= 0.3 is 5.97 Å². The molecule has 1 aromatic carbocycles. The van der Waals surface area contributed by atoms with Gasteiger partial charge in [0.1, 0.15) is 11.4 Å². The Morgan fingerprint density at radius 3 is 2.86 bits per heavy atom. The largest absolute Gasteiger partial charge is 0.507 e. The molecule has 2 N–H and O–H groups in total. The van der Waals surface area contributed by atoms with E-state index in [0.29, 0.717) is 10.8 Å². The second-order valence-corrected chi connectivity index (χ2v) is 2.87. The molecule has 0 spiro atoms. The predicted octanol–water partition coefficient (Wildman–Crippen LogP) is 1.64. The fourth-order valence-corrected chi connectivity index (χ4v) is 1.27. The molecule has 70 valence electrons. The Morgan fingerprint density at radius 2 is 2.14 bits per heavy atom. The van der Waals surface area contributed by atoms with Crippen LogP contribution in [-0.2, 0) is 0 Å². The lowest BCUT2D eigenvalue weighted by Crippen LogP contribution is -1.99. The number of hydrogen-bond acceptors (Lipinski definition) is 3. The Bertz CT molecular complexity index is 508. The molecule has 0 aliphatic carbocycles. The van der Waals surface area contributed by atoms with Crippen LogP contribution in [0.2, 0.25) is 0 Å². The molecule has 1 heterocycles. The highest BCUT2D eigenvalue weighted by Gasteiger charge is 2.06. The maximum absolute atomic E-state index is 10.6. The fourth-order valence-electron chi connectivity index (χ4n) is 1.27. The van der Waals surface area contributed by atoms with Gasteiger partial charge in [0.25, 0.3) is 0 Å². The van der Waals surface area contributed by atoms with Gasteiger partial charge in [-0.2, -0.15) is 0 Å². The lowest BCUT2D eigenvalue weighted by Gasteiger charge is -2.00. The standard InChI is InChI=1S/C10H7NO3/c12-9-3-1-2-6-4-8(10(13)14)11-5-7(6)9/h1-5,12H,(H,13,14). The molecule has 0 saturated carbocycles. The quantitative estimate of drug-likeness (QED) is 0.715. The average Bonchev–Trinajstić information content (AvgIpc) is 2.17. The van der Waals surface area contributed by atoms with Crippen molar-refractivity contribution in [1.82, 2.24) is 4.98 Å². The van der Waals surface area contributed by atoms with Crippen molar-refractivity contribution in [3.05, 3.63) is 36.2 Å². The van der Waals surface area contributed by atoms with Crippen molar-refractivity contribution in [1.29, 1.82) is 0 Å². The summed E-state index contributed by atoms with van der Waals surface area (Å²) in [6, 6.07) is 6.34. The van der Waals surface area contributed by atoms with Crippen molar-refractivity contribution in [3.63, 3.8) is 0 Å². The number of nitrogens with zero attached hydrogens (tertiary/aromatic N) is 1. The van der Waals surface area contributed by atoms with Crippen molar-refractivity contribution < 1.29 is 15.0 Å².